The van der Waals surface area contributed by atoms with Gasteiger partial charge in [-0.2, -0.15) is 0 Å². The largest absolute Gasteiger partial charge is 0.437 e. The molecule has 0 aliphatic rings. The molecule has 2 aromatic rings. The van der Waals surface area contributed by atoms with E-state index in [-0.39, 0.29) is 0 Å². The number of aryl methyl sites for hydroxylation is 2. The Kier molecular flexibility index (Phi) is 3.20. The standard InChI is InChI=1S/C13H13ClN2O/c1-8-5-12(15)13(16-7-8)17-10-3-4-11(14)9(2)6-10/h3-7H,15H2,1-2H3. The van der Waals surface area contributed by atoms with Crippen LogP contribution in [0.3, 0.4) is 0 Å². The molecule has 0 saturated heterocycles. The van der Waals surface area contributed by atoms with E-state index in [4.69, 9.17) is 22.1 Å². The SMILES string of the molecule is Cc1cnc(Oc2ccc(Cl)c(C)c2)c(N)c1. The Morgan fingerprint density at radius 2 is 2.00 bits per heavy atom. The van der Waals surface area contributed by atoms with Crippen molar-refractivity contribution in [1.29, 1.82) is 0 Å². The lowest BCUT2D eigenvalue weighted by molar-refractivity contribution is 0.465. The number of hydrogen-bond acceptors (Lipinski definition) is 3. The highest BCUT2D eigenvalue weighted by Gasteiger charge is 2.05. The lowest BCUT2D eigenvalue weighted by Crippen LogP contribution is -1.95. The average molecular weight is 249 g/mol. The van der Waals surface area contributed by atoms with Gasteiger partial charge in [0.1, 0.15) is 5.75 Å². The summed E-state index contributed by atoms with van der Waals surface area (Å²) in [4.78, 5) is 4.14. The molecule has 0 fully saturated rings. The van der Waals surface area contributed by atoms with Crippen LogP contribution in [0.1, 0.15) is 11.1 Å². The smallest absolute Gasteiger partial charge is 0.242 e. The topological polar surface area (TPSA) is 48.1 Å². The molecule has 2 rings (SSSR count). The fourth-order valence-corrected chi connectivity index (χ4v) is 1.57. The third kappa shape index (κ3) is 2.68. The Bertz CT molecular complexity index is 555. The van der Waals surface area contributed by atoms with Gasteiger partial charge < -0.3 is 10.5 Å². The number of ether oxygens (including phenoxy) is 1. The van der Waals surface area contributed by atoms with Crippen molar-refractivity contribution in [3.8, 4) is 11.6 Å². The van der Waals surface area contributed by atoms with Crippen LogP contribution in [-0.2, 0) is 0 Å². The maximum absolute atomic E-state index is 5.94. The van der Waals surface area contributed by atoms with E-state index in [2.05, 4.69) is 4.98 Å². The highest BCUT2D eigenvalue weighted by atomic mass is 35.5. The van der Waals surface area contributed by atoms with Crippen LogP contribution in [0, 0.1) is 13.8 Å². The van der Waals surface area contributed by atoms with Crippen LogP contribution in [-0.4, -0.2) is 4.98 Å². The van der Waals surface area contributed by atoms with Gasteiger partial charge in [0.05, 0.1) is 5.69 Å². The number of anilines is 1. The van der Waals surface area contributed by atoms with Crippen molar-refractivity contribution in [1.82, 2.24) is 4.98 Å². The molecule has 0 aliphatic carbocycles. The van der Waals surface area contributed by atoms with Gasteiger partial charge >= 0.3 is 0 Å². The van der Waals surface area contributed by atoms with E-state index in [1.165, 1.54) is 0 Å². The number of rotatable bonds is 2. The number of pyridine rings is 1. The van der Waals surface area contributed by atoms with Crippen molar-refractivity contribution in [2.75, 3.05) is 5.73 Å². The minimum absolute atomic E-state index is 0.414. The van der Waals surface area contributed by atoms with E-state index in [9.17, 15) is 0 Å². The van der Waals surface area contributed by atoms with Crippen LogP contribution in [0.15, 0.2) is 30.5 Å². The summed E-state index contributed by atoms with van der Waals surface area (Å²) >= 11 is 5.94. The molecule has 1 aromatic carbocycles. The van der Waals surface area contributed by atoms with Crippen molar-refractivity contribution in [3.05, 3.63) is 46.6 Å². The van der Waals surface area contributed by atoms with Crippen LogP contribution < -0.4 is 10.5 Å². The Balaban J connectivity index is 2.28. The summed E-state index contributed by atoms with van der Waals surface area (Å²) in [5.74, 6) is 1.09. The Hall–Kier alpha value is -1.74. The molecule has 0 bridgehead atoms. The van der Waals surface area contributed by atoms with Crippen LogP contribution in [0.2, 0.25) is 5.02 Å². The van der Waals surface area contributed by atoms with Crippen LogP contribution >= 0.6 is 11.6 Å². The molecule has 0 aliphatic heterocycles. The third-order valence-corrected chi connectivity index (χ3v) is 2.78. The van der Waals surface area contributed by atoms with Gasteiger partial charge in [0, 0.05) is 11.2 Å². The normalized spacial score (nSPS) is 10.3. The second-order valence-electron chi connectivity index (χ2n) is 3.92. The molecule has 1 aromatic heterocycles. The number of nitrogens with two attached hydrogens (primary N) is 1. The molecular weight excluding hydrogens is 236 g/mol. The van der Waals surface area contributed by atoms with Crippen LogP contribution in [0.25, 0.3) is 0 Å². The Morgan fingerprint density at radius 3 is 2.65 bits per heavy atom. The highest BCUT2D eigenvalue weighted by molar-refractivity contribution is 6.31. The monoisotopic (exact) mass is 248 g/mol. The van der Waals surface area contributed by atoms with Gasteiger partial charge in [0.2, 0.25) is 5.88 Å². The molecule has 2 N–H and O–H groups in total. The number of halogens is 1. The average Bonchev–Trinajstić information content (AvgIpc) is 2.27. The lowest BCUT2D eigenvalue weighted by Gasteiger charge is -2.08. The quantitative estimate of drug-likeness (QED) is 0.881. The summed E-state index contributed by atoms with van der Waals surface area (Å²) in [6, 6.07) is 7.25. The molecule has 0 spiro atoms. The number of benzene rings is 1. The van der Waals surface area contributed by atoms with Gasteiger partial charge in [-0.1, -0.05) is 11.6 Å². The zero-order valence-electron chi connectivity index (χ0n) is 9.70. The molecule has 0 saturated carbocycles. The van der Waals surface area contributed by atoms with Crippen molar-refractivity contribution >= 4 is 17.3 Å². The van der Waals surface area contributed by atoms with Crippen molar-refractivity contribution < 1.29 is 4.74 Å². The number of nitrogen functional groups attached to an aromatic ring is 1. The summed E-state index contributed by atoms with van der Waals surface area (Å²) in [5, 5.41) is 0.710. The van der Waals surface area contributed by atoms with E-state index in [0.717, 1.165) is 11.1 Å². The predicted octanol–water partition coefficient (Wildman–Crippen LogP) is 3.73. The minimum Gasteiger partial charge on any atom is -0.437 e. The molecule has 0 radical (unpaired) electrons. The first-order valence-electron chi connectivity index (χ1n) is 5.22. The zero-order valence-corrected chi connectivity index (χ0v) is 10.5. The van der Waals surface area contributed by atoms with Gasteiger partial charge in [-0.25, -0.2) is 4.98 Å². The van der Waals surface area contributed by atoms with Gasteiger partial charge in [0.15, 0.2) is 0 Å². The zero-order chi connectivity index (χ0) is 12.4. The first kappa shape index (κ1) is 11.7. The minimum atomic E-state index is 0.414. The maximum atomic E-state index is 5.94. The molecule has 17 heavy (non-hydrogen) atoms. The van der Waals surface area contributed by atoms with E-state index in [1.54, 1.807) is 18.3 Å². The second-order valence-corrected chi connectivity index (χ2v) is 4.33. The fourth-order valence-electron chi connectivity index (χ4n) is 1.46. The van der Waals surface area contributed by atoms with Crippen LogP contribution in [0.4, 0.5) is 5.69 Å². The third-order valence-electron chi connectivity index (χ3n) is 2.36. The predicted molar refractivity (Wildman–Crippen MR) is 69.6 cm³/mol. The summed E-state index contributed by atoms with van der Waals surface area (Å²) in [6.45, 7) is 3.85. The summed E-state index contributed by atoms with van der Waals surface area (Å²) in [6.07, 6.45) is 1.72. The molecular formula is C13H13ClN2O. The Labute approximate surface area is 105 Å². The Morgan fingerprint density at radius 1 is 1.24 bits per heavy atom. The van der Waals surface area contributed by atoms with E-state index < -0.39 is 0 Å². The fraction of sp³-hybridized carbons (Fsp3) is 0.154. The lowest BCUT2D eigenvalue weighted by atomic mass is 10.2. The molecule has 0 atom stereocenters. The van der Waals surface area contributed by atoms with E-state index >= 15 is 0 Å². The van der Waals surface area contributed by atoms with Gasteiger partial charge in [0.25, 0.3) is 0 Å². The summed E-state index contributed by atoms with van der Waals surface area (Å²) in [7, 11) is 0. The van der Waals surface area contributed by atoms with Crippen molar-refractivity contribution in [3.63, 3.8) is 0 Å². The van der Waals surface area contributed by atoms with Crippen molar-refractivity contribution in [2.45, 2.75) is 13.8 Å². The number of nitrogens with zero attached hydrogens (tertiary/aromatic N) is 1. The number of hydrogen-bond donors (Lipinski definition) is 1. The highest BCUT2D eigenvalue weighted by Crippen LogP contribution is 2.28. The molecule has 1 heterocycles. The summed E-state index contributed by atoms with van der Waals surface area (Å²) in [5.41, 5.74) is 8.30. The van der Waals surface area contributed by atoms with Crippen molar-refractivity contribution in [2.24, 2.45) is 0 Å². The second kappa shape index (κ2) is 4.63. The molecule has 88 valence electrons. The summed E-state index contributed by atoms with van der Waals surface area (Å²) < 4.78 is 5.61. The first-order valence-corrected chi connectivity index (χ1v) is 5.60. The maximum Gasteiger partial charge on any atom is 0.242 e. The van der Waals surface area contributed by atoms with Crippen LogP contribution in [0.5, 0.6) is 11.6 Å². The molecule has 0 unspecified atom stereocenters. The molecule has 4 heteroatoms. The van der Waals surface area contributed by atoms with E-state index in [1.807, 2.05) is 26.0 Å². The van der Waals surface area contributed by atoms with Gasteiger partial charge in [-0.15, -0.1) is 0 Å². The molecule has 3 nitrogen and oxygen atoms in total. The van der Waals surface area contributed by atoms with Gasteiger partial charge in [-0.3, -0.25) is 0 Å². The number of aromatic nitrogens is 1. The van der Waals surface area contributed by atoms with E-state index in [0.29, 0.717) is 22.3 Å². The first-order chi connectivity index (χ1) is 8.06. The molecule has 0 amide bonds. The van der Waals surface area contributed by atoms with Gasteiger partial charge in [-0.05, 0) is 49.2 Å².